The summed E-state index contributed by atoms with van der Waals surface area (Å²) in [6.45, 7) is 0. The molecule has 0 saturated heterocycles. The number of halogens is 1. The van der Waals surface area contributed by atoms with E-state index in [-0.39, 0.29) is 5.63 Å². The maximum atomic E-state index is 12.6. The first kappa shape index (κ1) is 18.7. The van der Waals surface area contributed by atoms with E-state index in [2.05, 4.69) is 31.4 Å². The highest BCUT2D eigenvalue weighted by atomic mass is 79.9. The highest BCUT2D eigenvalue weighted by molar-refractivity contribution is 9.10. The molecule has 2 aromatic heterocycles. The van der Waals surface area contributed by atoms with E-state index in [4.69, 9.17) is 4.42 Å². The summed E-state index contributed by atoms with van der Waals surface area (Å²) in [7, 11) is 0. The first-order valence-corrected chi connectivity index (χ1v) is 10.7. The lowest BCUT2D eigenvalue weighted by molar-refractivity contribution is 0.564. The Morgan fingerprint density at radius 3 is 2.73 bits per heavy atom. The number of rotatable bonds is 4. The molecule has 5 rings (SSSR count). The van der Waals surface area contributed by atoms with Crippen LogP contribution in [-0.2, 0) is 0 Å². The fraction of sp³-hybridized carbons (Fsp3) is 0. The summed E-state index contributed by atoms with van der Waals surface area (Å²) in [5.41, 5.74) is 4.56. The van der Waals surface area contributed by atoms with Crippen LogP contribution in [0, 0.1) is 0 Å². The molecular formula is C23H14BrN3O2S. The second-order valence-electron chi connectivity index (χ2n) is 6.60. The molecule has 2 heterocycles. The molecule has 3 aromatic carbocycles. The average molecular weight is 476 g/mol. The molecule has 0 unspecified atom stereocenters. The number of thiazole rings is 1. The number of hydrogen-bond acceptors (Lipinski definition) is 6. The first-order chi connectivity index (χ1) is 14.7. The molecule has 0 bridgehead atoms. The quantitative estimate of drug-likeness (QED) is 0.144. The van der Waals surface area contributed by atoms with Gasteiger partial charge in [0.25, 0.3) is 0 Å². The predicted octanol–water partition coefficient (Wildman–Crippen LogP) is 6.28. The largest absolute Gasteiger partial charge is 0.422 e. The maximum absolute atomic E-state index is 12.6. The van der Waals surface area contributed by atoms with Gasteiger partial charge in [0.2, 0.25) is 5.13 Å². The third-order valence-corrected chi connectivity index (χ3v) is 6.12. The minimum absolute atomic E-state index is 0.383. The van der Waals surface area contributed by atoms with E-state index in [9.17, 15) is 4.79 Å². The molecule has 0 spiro atoms. The maximum Gasteiger partial charge on any atom is 0.345 e. The van der Waals surface area contributed by atoms with Crippen LogP contribution in [0.3, 0.4) is 0 Å². The molecule has 5 aromatic rings. The number of fused-ring (bicyclic) bond motifs is 3. The summed E-state index contributed by atoms with van der Waals surface area (Å²) >= 11 is 4.76. The molecule has 0 aliphatic rings. The van der Waals surface area contributed by atoms with Crippen LogP contribution in [0.1, 0.15) is 5.56 Å². The Morgan fingerprint density at radius 2 is 1.87 bits per heavy atom. The molecule has 5 nitrogen and oxygen atoms in total. The molecule has 0 amide bonds. The third-order valence-electron chi connectivity index (χ3n) is 4.66. The molecule has 0 saturated carbocycles. The van der Waals surface area contributed by atoms with Crippen molar-refractivity contribution in [3.05, 3.63) is 93.4 Å². The monoisotopic (exact) mass is 475 g/mol. The zero-order valence-corrected chi connectivity index (χ0v) is 17.9. The molecule has 0 radical (unpaired) electrons. The van der Waals surface area contributed by atoms with Gasteiger partial charge in [-0.05, 0) is 40.6 Å². The summed E-state index contributed by atoms with van der Waals surface area (Å²) in [6, 6.07) is 21.5. The Bertz CT molecular complexity index is 1460. The Balaban J connectivity index is 1.46. The van der Waals surface area contributed by atoms with Gasteiger partial charge >= 0.3 is 5.63 Å². The highest BCUT2D eigenvalue weighted by Gasteiger charge is 2.13. The molecule has 0 fully saturated rings. The van der Waals surface area contributed by atoms with Crippen molar-refractivity contribution in [3.63, 3.8) is 0 Å². The van der Waals surface area contributed by atoms with Crippen molar-refractivity contribution < 1.29 is 4.42 Å². The van der Waals surface area contributed by atoms with Gasteiger partial charge < -0.3 is 4.42 Å². The van der Waals surface area contributed by atoms with Gasteiger partial charge in [0, 0.05) is 16.1 Å². The number of nitrogens with zero attached hydrogens (tertiary/aromatic N) is 2. The van der Waals surface area contributed by atoms with E-state index in [0.717, 1.165) is 31.1 Å². The van der Waals surface area contributed by atoms with Crippen molar-refractivity contribution >= 4 is 60.4 Å². The molecule has 30 heavy (non-hydrogen) atoms. The highest BCUT2D eigenvalue weighted by Crippen LogP contribution is 2.31. The fourth-order valence-corrected chi connectivity index (χ4v) is 4.24. The molecule has 1 N–H and O–H groups in total. The summed E-state index contributed by atoms with van der Waals surface area (Å²) in [5, 5.41) is 7.85. The average Bonchev–Trinajstić information content (AvgIpc) is 3.23. The zero-order chi connectivity index (χ0) is 20.5. The van der Waals surface area contributed by atoms with Crippen molar-refractivity contribution in [1.29, 1.82) is 0 Å². The van der Waals surface area contributed by atoms with Gasteiger partial charge in [0.05, 0.1) is 16.7 Å². The summed E-state index contributed by atoms with van der Waals surface area (Å²) in [5.74, 6) is 0. The van der Waals surface area contributed by atoms with E-state index < -0.39 is 0 Å². The van der Waals surface area contributed by atoms with E-state index in [1.807, 2.05) is 66.7 Å². The second kappa shape index (κ2) is 7.85. The molecular weight excluding hydrogens is 462 g/mol. The van der Waals surface area contributed by atoms with Crippen molar-refractivity contribution in [1.82, 2.24) is 4.98 Å². The van der Waals surface area contributed by atoms with Crippen LogP contribution in [0.2, 0.25) is 0 Å². The summed E-state index contributed by atoms with van der Waals surface area (Å²) < 4.78 is 6.60. The van der Waals surface area contributed by atoms with E-state index in [0.29, 0.717) is 16.3 Å². The number of hydrogen-bond donors (Lipinski definition) is 1. The molecule has 146 valence electrons. The molecule has 0 aliphatic carbocycles. The second-order valence-corrected chi connectivity index (χ2v) is 8.54. The fourth-order valence-electron chi connectivity index (χ4n) is 3.20. The van der Waals surface area contributed by atoms with Gasteiger partial charge in [-0.2, -0.15) is 5.10 Å². The Labute approximate surface area is 183 Å². The number of anilines is 1. The predicted molar refractivity (Wildman–Crippen MR) is 126 cm³/mol. The lowest BCUT2D eigenvalue weighted by Gasteiger charge is -2.04. The van der Waals surface area contributed by atoms with E-state index in [1.165, 1.54) is 11.3 Å². The summed E-state index contributed by atoms with van der Waals surface area (Å²) in [4.78, 5) is 17.6. The van der Waals surface area contributed by atoms with Crippen LogP contribution in [0.4, 0.5) is 5.13 Å². The van der Waals surface area contributed by atoms with E-state index >= 15 is 0 Å². The van der Waals surface area contributed by atoms with Gasteiger partial charge in [-0.1, -0.05) is 69.7 Å². The number of benzene rings is 3. The van der Waals surface area contributed by atoms with E-state index in [1.54, 1.807) is 12.4 Å². The van der Waals surface area contributed by atoms with Crippen LogP contribution in [-0.4, -0.2) is 11.2 Å². The van der Waals surface area contributed by atoms with Gasteiger partial charge in [-0.3, -0.25) is 5.43 Å². The number of aromatic nitrogens is 1. The first-order valence-electron chi connectivity index (χ1n) is 9.14. The Hall–Kier alpha value is -3.29. The lowest BCUT2D eigenvalue weighted by Crippen LogP contribution is -2.01. The molecule has 7 heteroatoms. The number of hydrazone groups is 1. The third kappa shape index (κ3) is 3.65. The minimum Gasteiger partial charge on any atom is -0.422 e. The Kier molecular flexibility index (Phi) is 4.90. The zero-order valence-electron chi connectivity index (χ0n) is 15.5. The topological polar surface area (TPSA) is 67.5 Å². The normalized spacial score (nSPS) is 11.5. The van der Waals surface area contributed by atoms with Gasteiger partial charge in [-0.25, -0.2) is 9.78 Å². The van der Waals surface area contributed by atoms with Crippen LogP contribution in [0.5, 0.6) is 0 Å². The SMILES string of the molecule is O=c1oc2ccc3ccccc3c2cc1-c1cnc(N/N=C/c2ccc(Br)cc2)s1. The summed E-state index contributed by atoms with van der Waals surface area (Å²) in [6.07, 6.45) is 3.37. The van der Waals surface area contributed by atoms with Crippen molar-refractivity contribution in [2.24, 2.45) is 5.10 Å². The standard InChI is InChI=1S/C23H14BrN3O2S/c24-16-8-5-14(6-9-16)12-26-27-23-25-13-21(30-23)19-11-18-17-4-2-1-3-15(17)7-10-20(18)29-22(19)28/h1-13H,(H,25,27)/b26-12+. The number of nitrogens with one attached hydrogen (secondary N) is 1. The van der Waals surface area contributed by atoms with Crippen molar-refractivity contribution in [3.8, 4) is 10.4 Å². The van der Waals surface area contributed by atoms with Crippen LogP contribution in [0.25, 0.3) is 32.2 Å². The minimum atomic E-state index is -0.383. The smallest absolute Gasteiger partial charge is 0.345 e. The van der Waals surface area contributed by atoms with Crippen molar-refractivity contribution in [2.45, 2.75) is 0 Å². The Morgan fingerprint density at radius 1 is 1.03 bits per heavy atom. The van der Waals surface area contributed by atoms with Crippen molar-refractivity contribution in [2.75, 3.05) is 5.43 Å². The van der Waals surface area contributed by atoms with Crippen LogP contribution < -0.4 is 11.1 Å². The van der Waals surface area contributed by atoms with Crippen LogP contribution in [0.15, 0.2) is 91.7 Å². The van der Waals surface area contributed by atoms with Crippen LogP contribution >= 0.6 is 27.3 Å². The lowest BCUT2D eigenvalue weighted by atomic mass is 10.0. The van der Waals surface area contributed by atoms with Gasteiger partial charge in [-0.15, -0.1) is 0 Å². The molecule has 0 aliphatic heterocycles. The van der Waals surface area contributed by atoms with Gasteiger partial charge in [0.1, 0.15) is 5.58 Å². The van der Waals surface area contributed by atoms with Gasteiger partial charge in [0.15, 0.2) is 0 Å². The molecule has 0 atom stereocenters.